The third-order valence-corrected chi connectivity index (χ3v) is 5.29. The molecule has 0 aromatic carbocycles. The second-order valence-corrected chi connectivity index (χ2v) is 7.22. The number of nitrogens with zero attached hydrogens (tertiary/aromatic N) is 4. The first kappa shape index (κ1) is 18.7. The van der Waals surface area contributed by atoms with Crippen molar-refractivity contribution in [2.45, 2.75) is 57.2 Å². The van der Waals surface area contributed by atoms with Gasteiger partial charge in [-0.25, -0.2) is 4.98 Å². The first-order chi connectivity index (χ1) is 13.3. The summed E-state index contributed by atoms with van der Waals surface area (Å²) in [6, 6.07) is 0.840. The van der Waals surface area contributed by atoms with Gasteiger partial charge in [0.05, 0.1) is 5.69 Å². The number of alkyl halides is 3. The number of hydrogen-bond donors (Lipinski definition) is 1. The molecule has 2 aromatic heterocycles. The van der Waals surface area contributed by atoms with Gasteiger partial charge in [0.1, 0.15) is 11.4 Å². The van der Waals surface area contributed by atoms with E-state index < -0.39 is 11.7 Å². The van der Waals surface area contributed by atoms with Crippen LogP contribution in [0.4, 0.5) is 24.7 Å². The first-order valence-electron chi connectivity index (χ1n) is 9.36. The van der Waals surface area contributed by atoms with E-state index in [0.29, 0.717) is 13.0 Å². The van der Waals surface area contributed by atoms with Crippen LogP contribution in [0.25, 0.3) is 11.6 Å². The molecule has 7 nitrogen and oxygen atoms in total. The highest BCUT2D eigenvalue weighted by Gasteiger charge is 2.40. The number of rotatable bonds is 0. The van der Waals surface area contributed by atoms with Crippen LogP contribution < -0.4 is 10.6 Å². The number of hydrogen-bond acceptors (Lipinski definition) is 7. The fraction of sp³-hybridized carbons (Fsp3) is 0.556. The Morgan fingerprint density at radius 2 is 1.86 bits per heavy atom. The topological polar surface area (TPSA) is 98.1 Å². The Morgan fingerprint density at radius 3 is 2.64 bits per heavy atom. The van der Waals surface area contributed by atoms with E-state index in [1.807, 2.05) is 0 Å². The second-order valence-electron chi connectivity index (χ2n) is 7.22. The van der Waals surface area contributed by atoms with E-state index >= 15 is 0 Å². The maximum atomic E-state index is 13.7. The Balaban J connectivity index is 1.87. The van der Waals surface area contributed by atoms with Gasteiger partial charge in [0.25, 0.3) is 11.8 Å². The predicted octanol–water partition coefficient (Wildman–Crippen LogP) is 3.85. The number of aromatic nitrogens is 3. The number of pyridine rings is 1. The van der Waals surface area contributed by atoms with Gasteiger partial charge in [-0.3, -0.25) is 4.79 Å². The summed E-state index contributed by atoms with van der Waals surface area (Å²) < 4.78 is 46.5. The van der Waals surface area contributed by atoms with Crippen molar-refractivity contribution in [1.82, 2.24) is 15.2 Å². The monoisotopic (exact) mass is 395 g/mol. The van der Waals surface area contributed by atoms with Crippen LogP contribution in [0, 0.1) is 0 Å². The number of fused-ring (bicyclic) bond motifs is 7. The molecular formula is C18H20F3N5O2. The lowest BCUT2D eigenvalue weighted by Gasteiger charge is -2.29. The van der Waals surface area contributed by atoms with Gasteiger partial charge < -0.3 is 15.1 Å². The highest BCUT2D eigenvalue weighted by molar-refractivity contribution is 5.91. The van der Waals surface area contributed by atoms with Crippen molar-refractivity contribution in [2.75, 3.05) is 17.2 Å². The summed E-state index contributed by atoms with van der Waals surface area (Å²) in [4.78, 5) is 18.1. The van der Waals surface area contributed by atoms with E-state index in [0.717, 1.165) is 38.2 Å². The van der Waals surface area contributed by atoms with E-state index in [2.05, 4.69) is 15.2 Å². The lowest BCUT2D eigenvalue weighted by atomic mass is 10.0. The highest BCUT2D eigenvalue weighted by atomic mass is 19.4. The molecule has 2 aliphatic rings. The smallest absolute Gasteiger partial charge is 0.412 e. The molecule has 0 radical (unpaired) electrons. The van der Waals surface area contributed by atoms with Gasteiger partial charge in [-0.2, -0.15) is 13.2 Å². The summed E-state index contributed by atoms with van der Waals surface area (Å²) in [6.07, 6.45) is 0.361. The van der Waals surface area contributed by atoms with Gasteiger partial charge in [0, 0.05) is 19.0 Å². The van der Waals surface area contributed by atoms with Crippen LogP contribution in [-0.4, -0.2) is 33.6 Å². The second kappa shape index (κ2) is 7.06. The largest absolute Gasteiger partial charge is 0.420 e. The van der Waals surface area contributed by atoms with Crippen LogP contribution in [0.5, 0.6) is 0 Å². The Bertz CT molecular complexity index is 896. The number of carbonyl (C=O) groups is 1. The molecule has 28 heavy (non-hydrogen) atoms. The van der Waals surface area contributed by atoms with Crippen molar-refractivity contribution < 1.29 is 22.4 Å². The predicted molar refractivity (Wildman–Crippen MR) is 94.7 cm³/mol. The molecule has 4 rings (SSSR count). The van der Waals surface area contributed by atoms with Crippen molar-refractivity contribution in [3.63, 3.8) is 0 Å². The molecule has 2 N–H and O–H groups in total. The quantitative estimate of drug-likeness (QED) is 0.723. The zero-order chi connectivity index (χ0) is 19.9. The average molecular weight is 395 g/mol. The van der Waals surface area contributed by atoms with Crippen molar-refractivity contribution >= 4 is 17.3 Å². The maximum Gasteiger partial charge on any atom is 0.420 e. The van der Waals surface area contributed by atoms with Gasteiger partial charge >= 0.3 is 6.18 Å². The molecular weight excluding hydrogens is 375 g/mol. The van der Waals surface area contributed by atoms with Crippen LogP contribution >= 0.6 is 0 Å². The van der Waals surface area contributed by atoms with Crippen LogP contribution in [-0.2, 0) is 6.18 Å². The van der Waals surface area contributed by atoms with E-state index in [1.54, 1.807) is 4.90 Å². The number of halogens is 3. The Kier molecular flexibility index (Phi) is 4.72. The first-order valence-corrected chi connectivity index (χ1v) is 9.36. The molecule has 150 valence electrons. The van der Waals surface area contributed by atoms with Crippen molar-refractivity contribution in [1.29, 1.82) is 0 Å². The number of nitrogen functional groups attached to an aromatic ring is 1. The summed E-state index contributed by atoms with van der Waals surface area (Å²) in [7, 11) is 0. The van der Waals surface area contributed by atoms with Gasteiger partial charge in [-0.15, -0.1) is 10.2 Å². The Hall–Kier alpha value is -2.65. The number of anilines is 2. The summed E-state index contributed by atoms with van der Waals surface area (Å²) in [5.74, 6) is -0.774. The minimum absolute atomic E-state index is 0.0260. The standard InChI is InChI=1S/C18H20F3N5O2/c19-18(20,21)11-9-12(22)14-17-25-24-16(28-17)13(27)7-3-1-2-5-10-6-4-8-26(10)15(11)23-14/h9-10H,1-8,22H2/t10-/m1/s1. The molecule has 0 saturated carbocycles. The summed E-state index contributed by atoms with van der Waals surface area (Å²) in [5, 5.41) is 7.51. The molecule has 1 saturated heterocycles. The van der Waals surface area contributed by atoms with E-state index in [9.17, 15) is 18.0 Å². The van der Waals surface area contributed by atoms with Crippen molar-refractivity contribution in [3.05, 3.63) is 17.5 Å². The molecule has 0 aliphatic carbocycles. The molecule has 0 unspecified atom stereocenters. The average Bonchev–Trinajstić information content (AvgIpc) is 3.29. The van der Waals surface area contributed by atoms with Crippen LogP contribution in [0.15, 0.2) is 10.5 Å². The number of nitrogens with two attached hydrogens (primary N) is 1. The van der Waals surface area contributed by atoms with Crippen molar-refractivity contribution in [2.24, 2.45) is 0 Å². The molecule has 4 bridgehead atoms. The molecule has 0 amide bonds. The zero-order valence-electron chi connectivity index (χ0n) is 15.1. The summed E-state index contributed by atoms with van der Waals surface area (Å²) in [5.41, 5.74) is 4.72. The molecule has 10 heteroatoms. The SMILES string of the molecule is Nc1cc(C(F)(F)F)c2nc1-c1nnc(o1)C(=O)CCCCC[C@@H]1CCCN21. The van der Waals surface area contributed by atoms with Crippen LogP contribution in [0.1, 0.15) is 61.2 Å². The molecule has 4 heterocycles. The minimum Gasteiger partial charge on any atom is -0.412 e. The van der Waals surface area contributed by atoms with Crippen LogP contribution in [0.2, 0.25) is 0 Å². The number of ketones is 1. The van der Waals surface area contributed by atoms with E-state index in [-0.39, 0.29) is 47.2 Å². The maximum absolute atomic E-state index is 13.7. The third-order valence-electron chi connectivity index (χ3n) is 5.29. The summed E-state index contributed by atoms with van der Waals surface area (Å²) in [6.45, 7) is 0.498. The van der Waals surface area contributed by atoms with Gasteiger partial charge in [-0.05, 0) is 31.7 Å². The Morgan fingerprint density at radius 1 is 1.11 bits per heavy atom. The van der Waals surface area contributed by atoms with Crippen molar-refractivity contribution in [3.8, 4) is 11.6 Å². The van der Waals surface area contributed by atoms with E-state index in [4.69, 9.17) is 10.2 Å². The molecule has 0 spiro atoms. The lowest BCUT2D eigenvalue weighted by Crippen LogP contribution is -2.32. The molecule has 2 aliphatic heterocycles. The van der Waals surface area contributed by atoms with E-state index in [1.165, 1.54) is 0 Å². The zero-order valence-corrected chi connectivity index (χ0v) is 15.1. The highest BCUT2D eigenvalue weighted by Crippen LogP contribution is 2.42. The molecule has 1 atom stereocenters. The number of Topliss-reactive ketones (excluding diaryl/α,β-unsaturated/α-hetero) is 1. The lowest BCUT2D eigenvalue weighted by molar-refractivity contribution is -0.137. The fourth-order valence-corrected chi connectivity index (χ4v) is 3.91. The molecule has 1 fully saturated rings. The third kappa shape index (κ3) is 3.43. The van der Waals surface area contributed by atoms with Crippen LogP contribution in [0.3, 0.4) is 0 Å². The summed E-state index contributed by atoms with van der Waals surface area (Å²) >= 11 is 0. The minimum atomic E-state index is -4.59. The van der Waals surface area contributed by atoms with Gasteiger partial charge in [0.15, 0.2) is 5.69 Å². The Labute approximate surface area is 159 Å². The van der Waals surface area contributed by atoms with Gasteiger partial charge in [-0.1, -0.05) is 12.8 Å². The fourth-order valence-electron chi connectivity index (χ4n) is 3.91. The van der Waals surface area contributed by atoms with Gasteiger partial charge in [0.2, 0.25) is 5.78 Å². The number of carbonyl (C=O) groups excluding carboxylic acids is 1. The normalized spacial score (nSPS) is 20.8. The molecule has 2 aromatic rings.